The van der Waals surface area contributed by atoms with Crippen LogP contribution in [0.2, 0.25) is 0 Å². The largest absolute Gasteiger partial charge is 0.462 e. The molecule has 4 nitrogen and oxygen atoms in total. The highest BCUT2D eigenvalue weighted by Crippen LogP contribution is 2.22. The minimum absolute atomic E-state index is 0.165. The van der Waals surface area contributed by atoms with Gasteiger partial charge in [0.05, 0.1) is 10.2 Å². The fourth-order valence-corrected chi connectivity index (χ4v) is 2.14. The number of carbonyl (C=O) groups is 1. The molecule has 100 valence electrons. The maximum Gasteiger partial charge on any atom is 0.321 e. The van der Waals surface area contributed by atoms with E-state index in [4.69, 9.17) is 16.6 Å². The van der Waals surface area contributed by atoms with Gasteiger partial charge in [-0.05, 0) is 26.0 Å². The number of rotatable bonds is 3. The van der Waals surface area contributed by atoms with E-state index in [-0.39, 0.29) is 6.03 Å². The third kappa shape index (κ3) is 2.76. The van der Waals surface area contributed by atoms with Crippen molar-refractivity contribution >= 4 is 34.9 Å². The standard InChI is InChI=1S/C14H16N2O2S/c1-3-16(4-2)14(17)15-11-9-18-12-8-6-5-7-10(12)13(11)19/h5-9H,3-4H2,1-2H3,(H,15,17). The first-order valence-electron chi connectivity index (χ1n) is 6.23. The van der Waals surface area contributed by atoms with Gasteiger partial charge in [-0.15, -0.1) is 0 Å². The molecule has 1 aromatic carbocycles. The third-order valence-electron chi connectivity index (χ3n) is 2.97. The van der Waals surface area contributed by atoms with Crippen molar-refractivity contribution < 1.29 is 9.21 Å². The molecular formula is C14H16N2O2S. The Morgan fingerprint density at radius 2 is 2.00 bits per heavy atom. The lowest BCUT2D eigenvalue weighted by molar-refractivity contribution is 0.217. The van der Waals surface area contributed by atoms with Gasteiger partial charge >= 0.3 is 6.03 Å². The zero-order valence-electron chi connectivity index (χ0n) is 11.0. The maximum atomic E-state index is 12.0. The number of fused-ring (bicyclic) bond motifs is 1. The molecule has 0 saturated carbocycles. The monoisotopic (exact) mass is 276 g/mol. The Morgan fingerprint density at radius 1 is 1.32 bits per heavy atom. The Hall–Kier alpha value is -1.88. The number of hydrogen-bond donors (Lipinski definition) is 1. The van der Waals surface area contributed by atoms with Crippen molar-refractivity contribution in [2.24, 2.45) is 0 Å². The van der Waals surface area contributed by atoms with Gasteiger partial charge in [0, 0.05) is 18.5 Å². The molecular weight excluding hydrogens is 260 g/mol. The Bertz CT molecular complexity index is 647. The lowest BCUT2D eigenvalue weighted by atomic mass is 10.2. The van der Waals surface area contributed by atoms with Gasteiger partial charge < -0.3 is 14.6 Å². The molecule has 0 atom stereocenters. The van der Waals surface area contributed by atoms with E-state index >= 15 is 0 Å². The van der Waals surface area contributed by atoms with Gasteiger partial charge in [-0.2, -0.15) is 0 Å². The van der Waals surface area contributed by atoms with E-state index in [2.05, 4.69) is 5.32 Å². The van der Waals surface area contributed by atoms with E-state index in [1.807, 2.05) is 38.1 Å². The predicted octanol–water partition coefficient (Wildman–Crippen LogP) is 4.04. The van der Waals surface area contributed by atoms with Crippen molar-refractivity contribution in [3.8, 4) is 0 Å². The van der Waals surface area contributed by atoms with Crippen LogP contribution in [-0.4, -0.2) is 24.0 Å². The molecule has 0 unspecified atom stereocenters. The Balaban J connectivity index is 2.34. The molecule has 0 aliphatic heterocycles. The molecule has 1 N–H and O–H groups in total. The number of nitrogens with one attached hydrogen (secondary N) is 1. The smallest absolute Gasteiger partial charge is 0.321 e. The number of carbonyl (C=O) groups excluding carboxylic acids is 1. The van der Waals surface area contributed by atoms with Crippen LogP contribution in [0.3, 0.4) is 0 Å². The second-order valence-corrected chi connectivity index (χ2v) is 4.49. The molecule has 2 aromatic rings. The lowest BCUT2D eigenvalue weighted by Gasteiger charge is -2.19. The maximum absolute atomic E-state index is 12.0. The zero-order chi connectivity index (χ0) is 13.8. The topological polar surface area (TPSA) is 45.5 Å². The number of urea groups is 1. The van der Waals surface area contributed by atoms with E-state index in [1.54, 1.807) is 4.90 Å². The summed E-state index contributed by atoms with van der Waals surface area (Å²) >= 11 is 5.38. The summed E-state index contributed by atoms with van der Waals surface area (Å²) in [5, 5.41) is 3.62. The van der Waals surface area contributed by atoms with Crippen LogP contribution in [0.1, 0.15) is 13.8 Å². The van der Waals surface area contributed by atoms with Crippen LogP contribution in [0.25, 0.3) is 11.0 Å². The summed E-state index contributed by atoms with van der Waals surface area (Å²) in [5.41, 5.74) is 1.25. The van der Waals surface area contributed by atoms with Crippen LogP contribution < -0.4 is 5.32 Å². The molecule has 0 saturated heterocycles. The first kappa shape index (κ1) is 13.5. The lowest BCUT2D eigenvalue weighted by Crippen LogP contribution is -2.34. The molecule has 0 fully saturated rings. The molecule has 2 amide bonds. The Labute approximate surface area is 117 Å². The summed E-state index contributed by atoms with van der Waals surface area (Å²) in [7, 11) is 0. The highest BCUT2D eigenvalue weighted by Gasteiger charge is 2.11. The molecule has 19 heavy (non-hydrogen) atoms. The fourth-order valence-electron chi connectivity index (χ4n) is 1.87. The van der Waals surface area contributed by atoms with Crippen molar-refractivity contribution in [1.29, 1.82) is 0 Å². The van der Waals surface area contributed by atoms with Gasteiger partial charge in [-0.25, -0.2) is 4.79 Å². The highest BCUT2D eigenvalue weighted by molar-refractivity contribution is 7.71. The van der Waals surface area contributed by atoms with Crippen LogP contribution in [0.5, 0.6) is 0 Å². The first-order valence-corrected chi connectivity index (χ1v) is 6.64. The van der Waals surface area contributed by atoms with Crippen LogP contribution in [-0.2, 0) is 0 Å². The SMILES string of the molecule is CCN(CC)C(=O)Nc1coc2ccccc2c1=S. The summed E-state index contributed by atoms with van der Waals surface area (Å²) < 4.78 is 6.07. The number of para-hydroxylation sites is 1. The van der Waals surface area contributed by atoms with Gasteiger partial charge in [0.2, 0.25) is 0 Å². The zero-order valence-corrected chi connectivity index (χ0v) is 11.8. The molecule has 0 radical (unpaired) electrons. The molecule has 0 aliphatic rings. The molecule has 1 heterocycles. The van der Waals surface area contributed by atoms with Gasteiger partial charge in [0.1, 0.15) is 11.8 Å². The van der Waals surface area contributed by atoms with Gasteiger partial charge in [-0.3, -0.25) is 0 Å². The minimum Gasteiger partial charge on any atom is -0.462 e. The number of benzene rings is 1. The molecule has 0 bridgehead atoms. The molecule has 5 heteroatoms. The van der Waals surface area contributed by atoms with Crippen molar-refractivity contribution in [3.63, 3.8) is 0 Å². The minimum atomic E-state index is -0.165. The van der Waals surface area contributed by atoms with Crippen molar-refractivity contribution in [1.82, 2.24) is 4.90 Å². The number of anilines is 1. The van der Waals surface area contributed by atoms with Crippen molar-refractivity contribution in [3.05, 3.63) is 35.0 Å². The van der Waals surface area contributed by atoms with E-state index in [0.29, 0.717) is 28.9 Å². The Morgan fingerprint density at radius 3 is 2.68 bits per heavy atom. The van der Waals surface area contributed by atoms with Crippen LogP contribution in [0.4, 0.5) is 10.5 Å². The average molecular weight is 276 g/mol. The number of nitrogens with zero attached hydrogens (tertiary/aromatic N) is 1. The second kappa shape index (κ2) is 5.84. The fraction of sp³-hybridized carbons (Fsp3) is 0.286. The number of amides is 2. The molecule has 0 spiro atoms. The number of hydrogen-bond acceptors (Lipinski definition) is 3. The third-order valence-corrected chi connectivity index (χ3v) is 3.41. The summed E-state index contributed by atoms with van der Waals surface area (Å²) in [6, 6.07) is 7.34. The van der Waals surface area contributed by atoms with E-state index in [0.717, 1.165) is 5.39 Å². The van der Waals surface area contributed by atoms with Crippen LogP contribution >= 0.6 is 12.2 Å². The van der Waals surface area contributed by atoms with E-state index in [9.17, 15) is 4.79 Å². The van der Waals surface area contributed by atoms with E-state index in [1.165, 1.54) is 6.26 Å². The van der Waals surface area contributed by atoms with Crippen LogP contribution in [0, 0.1) is 4.51 Å². The molecule has 2 rings (SSSR count). The van der Waals surface area contributed by atoms with Gasteiger partial charge in [-0.1, -0.05) is 24.4 Å². The van der Waals surface area contributed by atoms with Crippen LogP contribution in [0.15, 0.2) is 34.9 Å². The highest BCUT2D eigenvalue weighted by atomic mass is 32.1. The van der Waals surface area contributed by atoms with Gasteiger partial charge in [0.15, 0.2) is 0 Å². The normalized spacial score (nSPS) is 10.4. The first-order chi connectivity index (χ1) is 9.17. The summed E-state index contributed by atoms with van der Waals surface area (Å²) in [6.45, 7) is 5.17. The Kier molecular flexibility index (Phi) is 4.16. The summed E-state index contributed by atoms with van der Waals surface area (Å²) in [6.07, 6.45) is 1.49. The molecule has 1 aromatic heterocycles. The van der Waals surface area contributed by atoms with Crippen molar-refractivity contribution in [2.45, 2.75) is 13.8 Å². The predicted molar refractivity (Wildman–Crippen MR) is 79.0 cm³/mol. The van der Waals surface area contributed by atoms with Gasteiger partial charge in [0.25, 0.3) is 0 Å². The summed E-state index contributed by atoms with van der Waals surface area (Å²) in [4.78, 5) is 13.7. The quantitative estimate of drug-likeness (QED) is 0.861. The van der Waals surface area contributed by atoms with E-state index < -0.39 is 0 Å². The second-order valence-electron chi connectivity index (χ2n) is 4.08. The molecule has 0 aliphatic carbocycles. The van der Waals surface area contributed by atoms with Crippen molar-refractivity contribution in [2.75, 3.05) is 18.4 Å². The average Bonchev–Trinajstić information content (AvgIpc) is 2.43. The summed E-state index contributed by atoms with van der Waals surface area (Å²) in [5.74, 6) is 0.